The van der Waals surface area contributed by atoms with Crippen molar-refractivity contribution < 1.29 is 4.79 Å². The first-order valence-corrected chi connectivity index (χ1v) is 9.39. The number of nitrogens with two attached hydrogens (primary N) is 1. The fourth-order valence-corrected chi connectivity index (χ4v) is 4.02. The molecular weight excluding hydrogens is 358 g/mol. The molecule has 136 valence electrons. The van der Waals surface area contributed by atoms with E-state index >= 15 is 0 Å². The average molecular weight is 377 g/mol. The third-order valence-corrected chi connectivity index (χ3v) is 5.64. The summed E-state index contributed by atoms with van der Waals surface area (Å²) in [5.74, 6) is 0.226. The molecule has 2 aromatic rings. The van der Waals surface area contributed by atoms with Gasteiger partial charge in [-0.25, -0.2) is 9.83 Å². The number of benzene rings is 1. The van der Waals surface area contributed by atoms with Crippen LogP contribution in [0.3, 0.4) is 0 Å². The highest BCUT2D eigenvalue weighted by Gasteiger charge is 2.34. The zero-order chi connectivity index (χ0) is 19.6. The molecular formula is C20H19N5OS. The van der Waals surface area contributed by atoms with Crippen molar-refractivity contribution in [2.45, 2.75) is 29.0 Å². The van der Waals surface area contributed by atoms with Gasteiger partial charge in [0.1, 0.15) is 22.2 Å². The van der Waals surface area contributed by atoms with Crippen LogP contribution < -0.4 is 10.6 Å². The number of hydrogen-bond donors (Lipinski definition) is 1. The lowest BCUT2D eigenvalue weighted by Gasteiger charge is -2.21. The molecule has 7 heteroatoms. The molecule has 1 aromatic carbocycles. The highest BCUT2D eigenvalue weighted by Crippen LogP contribution is 2.51. The van der Waals surface area contributed by atoms with Crippen molar-refractivity contribution in [1.29, 1.82) is 5.26 Å². The van der Waals surface area contributed by atoms with Crippen LogP contribution >= 0.6 is 11.8 Å². The Bertz CT molecular complexity index is 955. The largest absolute Gasteiger partial charge is 0.371 e. The SMILES string of the molecule is [C-]#[N+]c1c(N(C)C)nc(SC(C(N)=O)c2ccccc2)c(C#N)c1C1CC1. The molecule has 3 rings (SSSR count). The van der Waals surface area contributed by atoms with Gasteiger partial charge in [-0.05, 0) is 29.9 Å². The maximum Gasteiger partial charge on any atom is 0.235 e. The van der Waals surface area contributed by atoms with Crippen LogP contribution in [-0.2, 0) is 4.79 Å². The van der Waals surface area contributed by atoms with Gasteiger partial charge >= 0.3 is 0 Å². The first kappa shape index (κ1) is 18.8. The Hall–Kier alpha value is -3.03. The van der Waals surface area contributed by atoms with Gasteiger partial charge in [0.2, 0.25) is 11.6 Å². The minimum atomic E-state index is -0.661. The number of primary amides is 1. The Morgan fingerprint density at radius 3 is 2.56 bits per heavy atom. The molecule has 1 aromatic heterocycles. The van der Waals surface area contributed by atoms with Gasteiger partial charge in [0.05, 0.1) is 12.1 Å². The molecule has 1 aliphatic rings. The molecule has 0 spiro atoms. The van der Waals surface area contributed by atoms with Crippen molar-refractivity contribution in [3.63, 3.8) is 0 Å². The summed E-state index contributed by atoms with van der Waals surface area (Å²) in [6, 6.07) is 11.4. The topological polar surface area (TPSA) is 87.4 Å². The number of anilines is 1. The maximum absolute atomic E-state index is 12.1. The summed E-state index contributed by atoms with van der Waals surface area (Å²) < 4.78 is 0. The smallest absolute Gasteiger partial charge is 0.235 e. The van der Waals surface area contributed by atoms with Crippen molar-refractivity contribution in [3.8, 4) is 6.07 Å². The van der Waals surface area contributed by atoms with Crippen LogP contribution in [0, 0.1) is 17.9 Å². The van der Waals surface area contributed by atoms with Crippen LogP contribution in [0.1, 0.15) is 40.7 Å². The van der Waals surface area contributed by atoms with E-state index in [9.17, 15) is 10.1 Å². The van der Waals surface area contributed by atoms with Crippen molar-refractivity contribution in [1.82, 2.24) is 4.98 Å². The minimum absolute atomic E-state index is 0.202. The molecule has 1 atom stereocenters. The second-order valence-electron chi connectivity index (χ2n) is 6.58. The second-order valence-corrected chi connectivity index (χ2v) is 7.67. The first-order valence-electron chi connectivity index (χ1n) is 8.51. The highest BCUT2D eigenvalue weighted by atomic mass is 32.2. The van der Waals surface area contributed by atoms with Gasteiger partial charge < -0.3 is 10.6 Å². The predicted molar refractivity (Wildman–Crippen MR) is 106 cm³/mol. The van der Waals surface area contributed by atoms with Crippen LogP contribution in [0.15, 0.2) is 35.4 Å². The number of carbonyl (C=O) groups is 1. The number of hydrogen-bond acceptors (Lipinski definition) is 5. The number of aromatic nitrogens is 1. The zero-order valence-corrected chi connectivity index (χ0v) is 16.0. The lowest BCUT2D eigenvalue weighted by atomic mass is 10.0. The van der Waals surface area contributed by atoms with Gasteiger partial charge in [-0.3, -0.25) is 4.79 Å². The molecule has 27 heavy (non-hydrogen) atoms. The van der Waals surface area contributed by atoms with Crippen LogP contribution in [0.25, 0.3) is 4.85 Å². The molecule has 0 saturated heterocycles. The molecule has 1 fully saturated rings. The zero-order valence-electron chi connectivity index (χ0n) is 15.1. The van der Waals surface area contributed by atoms with Crippen molar-refractivity contribution in [2.75, 3.05) is 19.0 Å². The van der Waals surface area contributed by atoms with Gasteiger partial charge in [0.25, 0.3) is 0 Å². The lowest BCUT2D eigenvalue weighted by molar-refractivity contribution is -0.117. The third kappa shape index (κ3) is 3.74. The molecule has 0 bridgehead atoms. The van der Waals surface area contributed by atoms with Gasteiger partial charge in [-0.15, -0.1) is 0 Å². The van der Waals surface area contributed by atoms with Crippen LogP contribution in [0.5, 0.6) is 0 Å². The molecule has 1 amide bonds. The molecule has 0 radical (unpaired) electrons. The van der Waals surface area contributed by atoms with E-state index in [2.05, 4.69) is 15.9 Å². The van der Waals surface area contributed by atoms with Crippen LogP contribution in [0.2, 0.25) is 0 Å². The van der Waals surface area contributed by atoms with Crippen molar-refractivity contribution in [2.24, 2.45) is 5.73 Å². The first-order chi connectivity index (χ1) is 13.0. The van der Waals surface area contributed by atoms with E-state index in [0.29, 0.717) is 22.1 Å². The molecule has 1 heterocycles. The van der Waals surface area contributed by atoms with Crippen LogP contribution in [0.4, 0.5) is 11.5 Å². The predicted octanol–water partition coefficient (Wildman–Crippen LogP) is 3.77. The molecule has 1 aliphatic carbocycles. The Kier molecular flexibility index (Phi) is 5.34. The number of carbonyl (C=O) groups excluding carboxylic acids is 1. The highest BCUT2D eigenvalue weighted by molar-refractivity contribution is 8.00. The standard InChI is InChI=1S/C20H19N5OS/c1-23-16-15(12-9-10-12)14(11-21)20(24-19(16)25(2)3)27-17(18(22)26)13-7-5-4-6-8-13/h4-8,12,17H,9-10H2,2-3H3,(H2,22,26). The normalized spacial score (nSPS) is 14.1. The Balaban J connectivity index is 2.16. The summed E-state index contributed by atoms with van der Waals surface area (Å²) in [6.45, 7) is 7.59. The fourth-order valence-electron chi connectivity index (χ4n) is 2.97. The summed E-state index contributed by atoms with van der Waals surface area (Å²) >= 11 is 1.17. The number of nitriles is 1. The summed E-state index contributed by atoms with van der Waals surface area (Å²) in [5.41, 5.74) is 7.98. The van der Waals surface area contributed by atoms with Gasteiger partial charge in [-0.1, -0.05) is 42.1 Å². The van der Waals surface area contributed by atoms with Crippen LogP contribution in [-0.4, -0.2) is 25.0 Å². The summed E-state index contributed by atoms with van der Waals surface area (Å²) in [6.07, 6.45) is 1.91. The van der Waals surface area contributed by atoms with Gasteiger partial charge in [0, 0.05) is 14.1 Å². The Labute approximate surface area is 162 Å². The Morgan fingerprint density at radius 2 is 2.07 bits per heavy atom. The van der Waals surface area contributed by atoms with Gasteiger partial charge in [0.15, 0.2) is 0 Å². The fraction of sp³-hybridized carbons (Fsp3) is 0.300. The van der Waals surface area contributed by atoms with E-state index in [1.54, 1.807) is 4.90 Å². The number of pyridine rings is 1. The molecule has 0 aliphatic heterocycles. The van der Waals surface area contributed by atoms with E-state index in [1.165, 1.54) is 11.8 Å². The monoisotopic (exact) mass is 377 g/mol. The number of rotatable bonds is 6. The minimum Gasteiger partial charge on any atom is -0.371 e. The van der Waals surface area contributed by atoms with Gasteiger partial charge in [-0.2, -0.15) is 5.26 Å². The molecule has 6 nitrogen and oxygen atoms in total. The molecule has 1 saturated carbocycles. The van der Waals surface area contributed by atoms with E-state index in [0.717, 1.165) is 24.0 Å². The second kappa shape index (κ2) is 7.69. The quantitative estimate of drug-likeness (QED) is 0.612. The summed E-state index contributed by atoms with van der Waals surface area (Å²) in [5, 5.41) is 9.60. The summed E-state index contributed by atoms with van der Waals surface area (Å²) in [4.78, 5) is 22.1. The van der Waals surface area contributed by atoms with E-state index < -0.39 is 11.2 Å². The number of amides is 1. The van der Waals surface area contributed by atoms with E-state index in [-0.39, 0.29) is 5.92 Å². The van der Waals surface area contributed by atoms with Crippen molar-refractivity contribution in [3.05, 3.63) is 58.4 Å². The molecule has 2 N–H and O–H groups in total. The average Bonchev–Trinajstić information content (AvgIpc) is 3.50. The van der Waals surface area contributed by atoms with E-state index in [4.69, 9.17) is 12.3 Å². The maximum atomic E-state index is 12.1. The van der Waals surface area contributed by atoms with Crippen molar-refractivity contribution >= 4 is 29.2 Å². The molecule has 1 unspecified atom stereocenters. The number of nitrogens with zero attached hydrogens (tertiary/aromatic N) is 4. The Morgan fingerprint density at radius 1 is 1.41 bits per heavy atom. The number of thioether (sulfide) groups is 1. The van der Waals surface area contributed by atoms with E-state index in [1.807, 2.05) is 44.4 Å². The lowest BCUT2D eigenvalue weighted by Crippen LogP contribution is -2.19. The third-order valence-electron chi connectivity index (χ3n) is 4.38. The summed E-state index contributed by atoms with van der Waals surface area (Å²) in [7, 11) is 3.63.